The summed E-state index contributed by atoms with van der Waals surface area (Å²) in [5.74, 6) is 0. The Morgan fingerprint density at radius 3 is 2.14 bits per heavy atom. The molecule has 116 valence electrons. The summed E-state index contributed by atoms with van der Waals surface area (Å²) in [6.07, 6.45) is 3.01. The third kappa shape index (κ3) is 3.98. The lowest BCUT2D eigenvalue weighted by Crippen LogP contribution is -2.50. The van der Waals surface area contributed by atoms with Crippen LogP contribution in [-0.2, 0) is 4.79 Å². The number of rotatable bonds is 6. The van der Waals surface area contributed by atoms with E-state index in [0.29, 0.717) is 0 Å². The lowest BCUT2D eigenvalue weighted by Gasteiger charge is -2.40. The van der Waals surface area contributed by atoms with Crippen molar-refractivity contribution in [3.05, 3.63) is 29.3 Å². The quantitative estimate of drug-likeness (QED) is 0.752. The molecule has 0 aliphatic carbocycles. The molecule has 1 aromatic carbocycles. The third-order valence-electron chi connectivity index (χ3n) is 4.76. The summed E-state index contributed by atoms with van der Waals surface area (Å²) in [6.45, 7) is 9.14. The van der Waals surface area contributed by atoms with Crippen molar-refractivity contribution >= 4 is 23.6 Å². The van der Waals surface area contributed by atoms with Crippen molar-refractivity contribution in [2.75, 3.05) is 37.6 Å². The molecule has 0 saturated carbocycles. The van der Waals surface area contributed by atoms with E-state index in [0.717, 1.165) is 50.6 Å². The molecular formula is C17H25ClN2O. The number of benzene rings is 1. The summed E-state index contributed by atoms with van der Waals surface area (Å²) < 4.78 is 0. The highest BCUT2D eigenvalue weighted by molar-refractivity contribution is 6.30. The molecule has 0 unspecified atom stereocenters. The summed E-state index contributed by atoms with van der Waals surface area (Å²) in [4.78, 5) is 16.2. The van der Waals surface area contributed by atoms with Crippen LogP contribution in [0.25, 0.3) is 0 Å². The molecule has 0 aromatic heterocycles. The Morgan fingerprint density at radius 2 is 1.67 bits per heavy atom. The smallest absolute Gasteiger partial charge is 0.127 e. The lowest BCUT2D eigenvalue weighted by atomic mass is 9.83. The van der Waals surface area contributed by atoms with Crippen molar-refractivity contribution in [2.24, 2.45) is 5.41 Å². The Kier molecular flexibility index (Phi) is 5.65. The van der Waals surface area contributed by atoms with E-state index in [1.807, 2.05) is 12.1 Å². The van der Waals surface area contributed by atoms with E-state index in [2.05, 4.69) is 35.8 Å². The van der Waals surface area contributed by atoms with Crippen molar-refractivity contribution in [1.82, 2.24) is 4.90 Å². The highest BCUT2D eigenvalue weighted by atomic mass is 35.5. The molecular weight excluding hydrogens is 284 g/mol. The van der Waals surface area contributed by atoms with Gasteiger partial charge in [0, 0.05) is 48.8 Å². The van der Waals surface area contributed by atoms with Gasteiger partial charge >= 0.3 is 0 Å². The van der Waals surface area contributed by atoms with Gasteiger partial charge in [-0.05, 0) is 37.1 Å². The first kappa shape index (κ1) is 16.3. The molecule has 1 aliphatic rings. The standard InChI is InChI=1S/C17H25ClN2O/c1-3-17(4-2,14-21)13-19-9-11-20(12-10-19)16-7-5-15(18)6-8-16/h5-8,14H,3-4,9-13H2,1-2H3. The lowest BCUT2D eigenvalue weighted by molar-refractivity contribution is -0.117. The van der Waals surface area contributed by atoms with Gasteiger partial charge in [-0.15, -0.1) is 0 Å². The van der Waals surface area contributed by atoms with Gasteiger partial charge in [0.2, 0.25) is 0 Å². The molecule has 0 amide bonds. The summed E-state index contributed by atoms with van der Waals surface area (Å²) >= 11 is 5.93. The fourth-order valence-electron chi connectivity index (χ4n) is 2.94. The number of hydrogen-bond donors (Lipinski definition) is 0. The van der Waals surface area contributed by atoms with Gasteiger partial charge < -0.3 is 9.69 Å². The Labute approximate surface area is 132 Å². The normalized spacial score (nSPS) is 17.0. The van der Waals surface area contributed by atoms with E-state index in [-0.39, 0.29) is 5.41 Å². The third-order valence-corrected chi connectivity index (χ3v) is 5.01. The van der Waals surface area contributed by atoms with Crippen LogP contribution in [0.5, 0.6) is 0 Å². The summed E-state index contributed by atoms with van der Waals surface area (Å²) in [6, 6.07) is 8.03. The van der Waals surface area contributed by atoms with Gasteiger partial charge in [-0.3, -0.25) is 4.90 Å². The minimum absolute atomic E-state index is 0.164. The van der Waals surface area contributed by atoms with Crippen LogP contribution in [-0.4, -0.2) is 43.9 Å². The van der Waals surface area contributed by atoms with Crippen molar-refractivity contribution in [3.8, 4) is 0 Å². The average Bonchev–Trinajstić information content (AvgIpc) is 2.54. The van der Waals surface area contributed by atoms with E-state index in [9.17, 15) is 4.79 Å². The molecule has 0 bridgehead atoms. The zero-order chi connectivity index (χ0) is 15.3. The van der Waals surface area contributed by atoms with Gasteiger partial charge in [-0.2, -0.15) is 0 Å². The average molecular weight is 309 g/mol. The SMILES string of the molecule is CCC(C=O)(CC)CN1CCN(c2ccc(Cl)cc2)CC1. The molecule has 1 heterocycles. The summed E-state index contributed by atoms with van der Waals surface area (Å²) in [5, 5.41) is 0.777. The predicted molar refractivity (Wildman–Crippen MR) is 89.2 cm³/mol. The number of hydrogen-bond acceptors (Lipinski definition) is 3. The topological polar surface area (TPSA) is 23.6 Å². The molecule has 0 N–H and O–H groups in total. The van der Waals surface area contributed by atoms with Crippen LogP contribution >= 0.6 is 11.6 Å². The van der Waals surface area contributed by atoms with Crippen LogP contribution in [0.3, 0.4) is 0 Å². The highest BCUT2D eigenvalue weighted by Gasteiger charge is 2.29. The van der Waals surface area contributed by atoms with Crippen LogP contribution in [0.4, 0.5) is 5.69 Å². The van der Waals surface area contributed by atoms with Gasteiger partial charge in [0.15, 0.2) is 0 Å². The van der Waals surface area contributed by atoms with Gasteiger partial charge in [0.25, 0.3) is 0 Å². The zero-order valence-electron chi connectivity index (χ0n) is 13.0. The first-order valence-electron chi connectivity index (χ1n) is 7.81. The van der Waals surface area contributed by atoms with E-state index in [4.69, 9.17) is 11.6 Å². The van der Waals surface area contributed by atoms with Crippen LogP contribution in [0, 0.1) is 5.41 Å². The van der Waals surface area contributed by atoms with Crippen molar-refractivity contribution in [1.29, 1.82) is 0 Å². The minimum Gasteiger partial charge on any atom is -0.369 e. The minimum atomic E-state index is -0.164. The maximum Gasteiger partial charge on any atom is 0.127 e. The number of nitrogens with zero attached hydrogens (tertiary/aromatic N) is 2. The number of carbonyl (C=O) groups is 1. The molecule has 1 fully saturated rings. The van der Waals surface area contributed by atoms with Crippen LogP contribution < -0.4 is 4.90 Å². The largest absolute Gasteiger partial charge is 0.369 e. The monoisotopic (exact) mass is 308 g/mol. The fraction of sp³-hybridized carbons (Fsp3) is 0.588. The number of piperazine rings is 1. The van der Waals surface area contributed by atoms with Gasteiger partial charge in [0.1, 0.15) is 6.29 Å². The predicted octanol–water partition coefficient (Wildman–Crippen LogP) is 3.47. The first-order chi connectivity index (χ1) is 10.1. The second-order valence-electron chi connectivity index (χ2n) is 5.93. The molecule has 0 radical (unpaired) electrons. The van der Waals surface area contributed by atoms with Crippen LogP contribution in [0.2, 0.25) is 5.02 Å². The number of aldehydes is 1. The summed E-state index contributed by atoms with van der Waals surface area (Å²) in [7, 11) is 0. The molecule has 3 nitrogen and oxygen atoms in total. The van der Waals surface area contributed by atoms with Crippen molar-refractivity contribution < 1.29 is 4.79 Å². The second-order valence-corrected chi connectivity index (χ2v) is 6.36. The van der Waals surface area contributed by atoms with Crippen LogP contribution in [0.1, 0.15) is 26.7 Å². The number of carbonyl (C=O) groups excluding carboxylic acids is 1. The van der Waals surface area contributed by atoms with Crippen molar-refractivity contribution in [3.63, 3.8) is 0 Å². The maximum atomic E-state index is 11.4. The highest BCUT2D eigenvalue weighted by Crippen LogP contribution is 2.26. The molecule has 21 heavy (non-hydrogen) atoms. The first-order valence-corrected chi connectivity index (χ1v) is 8.19. The molecule has 1 aliphatic heterocycles. The Balaban J connectivity index is 1.91. The Hall–Kier alpha value is -1.06. The number of anilines is 1. The molecule has 1 aromatic rings. The Bertz CT molecular complexity index is 448. The molecule has 2 rings (SSSR count). The van der Waals surface area contributed by atoms with E-state index in [1.165, 1.54) is 12.0 Å². The van der Waals surface area contributed by atoms with Gasteiger partial charge in [0.05, 0.1) is 0 Å². The van der Waals surface area contributed by atoms with Gasteiger partial charge in [-0.25, -0.2) is 0 Å². The van der Waals surface area contributed by atoms with Crippen LogP contribution in [0.15, 0.2) is 24.3 Å². The van der Waals surface area contributed by atoms with E-state index < -0.39 is 0 Å². The van der Waals surface area contributed by atoms with E-state index >= 15 is 0 Å². The zero-order valence-corrected chi connectivity index (χ0v) is 13.8. The molecule has 4 heteroatoms. The Morgan fingerprint density at radius 1 is 1.10 bits per heavy atom. The fourth-order valence-corrected chi connectivity index (χ4v) is 3.06. The molecule has 0 spiro atoms. The molecule has 0 atom stereocenters. The maximum absolute atomic E-state index is 11.4. The second kappa shape index (κ2) is 7.28. The van der Waals surface area contributed by atoms with Crippen molar-refractivity contribution in [2.45, 2.75) is 26.7 Å². The van der Waals surface area contributed by atoms with Gasteiger partial charge in [-0.1, -0.05) is 25.4 Å². The molecule has 1 saturated heterocycles. The number of halogens is 1. The summed E-state index contributed by atoms with van der Waals surface area (Å²) in [5.41, 5.74) is 1.06. The van der Waals surface area contributed by atoms with E-state index in [1.54, 1.807) is 0 Å².